The lowest BCUT2D eigenvalue weighted by molar-refractivity contribution is 1.30. The van der Waals surface area contributed by atoms with Crippen molar-refractivity contribution in [2.75, 3.05) is 4.90 Å². The van der Waals surface area contributed by atoms with Crippen molar-refractivity contribution >= 4 is 70.1 Å². The number of anilines is 3. The van der Waals surface area contributed by atoms with E-state index in [9.17, 15) is 0 Å². The van der Waals surface area contributed by atoms with Crippen LogP contribution in [0.1, 0.15) is 0 Å². The molecule has 0 fully saturated rings. The highest BCUT2D eigenvalue weighted by Crippen LogP contribution is 2.45. The summed E-state index contributed by atoms with van der Waals surface area (Å²) in [5.41, 5.74) is 6.01. The van der Waals surface area contributed by atoms with Crippen LogP contribution in [0.15, 0.2) is 152 Å². The molecule has 1 heterocycles. The fraction of sp³-hybridized carbons (Fsp3) is 0. The number of fused-ring (bicyclic) bond motifs is 6. The maximum absolute atomic E-state index is 2.40. The number of hydrogen-bond donors (Lipinski definition) is 0. The molecule has 0 saturated heterocycles. The molecule has 8 rings (SSSR count). The molecule has 0 aliphatic heterocycles. The molecule has 0 bridgehead atoms. The standard InChI is InChI=1S/C38H25NS/c1-3-12-27(13-4-1)33-25-35-34-24-29(22-23-37(34)40-38(35)32-20-10-9-19-31(32)33)39(28-16-5-2-6-17-28)36-21-11-15-26-14-7-8-18-30(26)36/h1-25H. The molecule has 0 atom stereocenters. The highest BCUT2D eigenvalue weighted by atomic mass is 32.1. The highest BCUT2D eigenvalue weighted by Gasteiger charge is 2.18. The summed E-state index contributed by atoms with van der Waals surface area (Å²) in [6, 6.07) is 54.9. The van der Waals surface area contributed by atoms with Crippen molar-refractivity contribution in [2.24, 2.45) is 0 Å². The molecule has 1 nitrogen and oxygen atoms in total. The van der Waals surface area contributed by atoms with Crippen molar-refractivity contribution in [3.63, 3.8) is 0 Å². The number of rotatable bonds is 4. The third-order valence-corrected chi connectivity index (χ3v) is 9.05. The lowest BCUT2D eigenvalue weighted by Crippen LogP contribution is -2.10. The molecule has 0 N–H and O–H groups in total. The molecule has 0 unspecified atom stereocenters. The predicted octanol–water partition coefficient (Wildman–Crippen LogP) is 11.5. The van der Waals surface area contributed by atoms with Crippen LogP contribution >= 0.6 is 11.3 Å². The van der Waals surface area contributed by atoms with E-state index in [1.54, 1.807) is 0 Å². The molecule has 7 aromatic carbocycles. The second-order valence-electron chi connectivity index (χ2n) is 10.2. The first-order valence-corrected chi connectivity index (χ1v) is 14.4. The van der Waals surface area contributed by atoms with Crippen molar-refractivity contribution in [1.82, 2.24) is 0 Å². The van der Waals surface area contributed by atoms with Gasteiger partial charge in [-0.1, -0.05) is 109 Å². The first-order chi connectivity index (χ1) is 19.8. The molecule has 0 radical (unpaired) electrons. The summed E-state index contributed by atoms with van der Waals surface area (Å²) < 4.78 is 2.65. The smallest absolute Gasteiger partial charge is 0.0540 e. The number of para-hydroxylation sites is 1. The molecule has 0 spiro atoms. The van der Waals surface area contributed by atoms with Gasteiger partial charge in [0.2, 0.25) is 0 Å². The van der Waals surface area contributed by atoms with Crippen LogP contribution < -0.4 is 4.90 Å². The average molecular weight is 528 g/mol. The molecule has 188 valence electrons. The number of nitrogens with zero attached hydrogens (tertiary/aromatic N) is 1. The normalized spacial score (nSPS) is 11.5. The zero-order valence-corrected chi connectivity index (χ0v) is 22.6. The Balaban J connectivity index is 1.42. The van der Waals surface area contributed by atoms with E-state index in [2.05, 4.69) is 157 Å². The van der Waals surface area contributed by atoms with Crippen molar-refractivity contribution < 1.29 is 0 Å². The van der Waals surface area contributed by atoms with Crippen LogP contribution in [0.3, 0.4) is 0 Å². The summed E-state index contributed by atoms with van der Waals surface area (Å²) in [5, 5.41) is 7.70. The minimum Gasteiger partial charge on any atom is -0.310 e. The third-order valence-electron chi connectivity index (χ3n) is 7.83. The van der Waals surface area contributed by atoms with Crippen LogP contribution in [-0.2, 0) is 0 Å². The Morgan fingerprint density at radius 1 is 0.425 bits per heavy atom. The quantitative estimate of drug-likeness (QED) is 0.220. The zero-order valence-electron chi connectivity index (χ0n) is 21.8. The maximum Gasteiger partial charge on any atom is 0.0540 e. The van der Waals surface area contributed by atoms with Crippen LogP contribution in [0.4, 0.5) is 17.1 Å². The van der Waals surface area contributed by atoms with E-state index >= 15 is 0 Å². The van der Waals surface area contributed by atoms with E-state index in [4.69, 9.17) is 0 Å². The Kier molecular flexibility index (Phi) is 5.39. The molecular weight excluding hydrogens is 502 g/mol. The Labute approximate surface area is 237 Å². The maximum atomic E-state index is 2.40. The number of benzene rings is 7. The van der Waals surface area contributed by atoms with Gasteiger partial charge in [0.25, 0.3) is 0 Å². The van der Waals surface area contributed by atoms with Gasteiger partial charge < -0.3 is 4.90 Å². The molecule has 1 aromatic heterocycles. The summed E-state index contributed by atoms with van der Waals surface area (Å²) in [4.78, 5) is 2.39. The van der Waals surface area contributed by atoms with Gasteiger partial charge in [-0.15, -0.1) is 11.3 Å². The van der Waals surface area contributed by atoms with Gasteiger partial charge in [0.15, 0.2) is 0 Å². The van der Waals surface area contributed by atoms with Crippen LogP contribution in [-0.4, -0.2) is 0 Å². The molecular formula is C38H25NS. The van der Waals surface area contributed by atoms with Crippen LogP contribution in [0.25, 0.3) is 52.8 Å². The van der Waals surface area contributed by atoms with Gasteiger partial charge in [-0.3, -0.25) is 0 Å². The Hall–Kier alpha value is -4.92. The molecule has 0 aliphatic rings. The van der Waals surface area contributed by atoms with Crippen molar-refractivity contribution in [2.45, 2.75) is 0 Å². The van der Waals surface area contributed by atoms with E-state index < -0.39 is 0 Å². The minimum absolute atomic E-state index is 1.15. The van der Waals surface area contributed by atoms with E-state index in [0.29, 0.717) is 0 Å². The van der Waals surface area contributed by atoms with E-state index in [1.807, 2.05) is 11.3 Å². The summed E-state index contributed by atoms with van der Waals surface area (Å²) in [5.74, 6) is 0. The molecule has 0 aliphatic carbocycles. The minimum atomic E-state index is 1.15. The third kappa shape index (κ3) is 3.69. The molecule has 0 saturated carbocycles. The lowest BCUT2D eigenvalue weighted by Gasteiger charge is -2.27. The topological polar surface area (TPSA) is 3.24 Å². The van der Waals surface area contributed by atoms with Crippen molar-refractivity contribution in [1.29, 1.82) is 0 Å². The zero-order chi connectivity index (χ0) is 26.5. The summed E-state index contributed by atoms with van der Waals surface area (Å²) in [6.45, 7) is 0. The van der Waals surface area contributed by atoms with Crippen molar-refractivity contribution in [3.8, 4) is 11.1 Å². The molecule has 0 amide bonds. The predicted molar refractivity (Wildman–Crippen MR) is 174 cm³/mol. The van der Waals surface area contributed by atoms with Gasteiger partial charge in [0, 0.05) is 42.3 Å². The Morgan fingerprint density at radius 2 is 1.10 bits per heavy atom. The fourth-order valence-electron chi connectivity index (χ4n) is 5.99. The van der Waals surface area contributed by atoms with Crippen LogP contribution in [0, 0.1) is 0 Å². The Bertz CT molecular complexity index is 2150. The monoisotopic (exact) mass is 527 g/mol. The summed E-state index contributed by atoms with van der Waals surface area (Å²) in [6.07, 6.45) is 0. The van der Waals surface area contributed by atoms with Gasteiger partial charge >= 0.3 is 0 Å². The second kappa shape index (κ2) is 9.37. The van der Waals surface area contributed by atoms with Gasteiger partial charge in [0.05, 0.1) is 5.69 Å². The number of hydrogen-bond acceptors (Lipinski definition) is 2. The fourth-order valence-corrected chi connectivity index (χ4v) is 7.19. The molecule has 40 heavy (non-hydrogen) atoms. The van der Waals surface area contributed by atoms with Gasteiger partial charge in [-0.2, -0.15) is 0 Å². The van der Waals surface area contributed by atoms with E-state index in [-0.39, 0.29) is 0 Å². The van der Waals surface area contributed by atoms with Gasteiger partial charge in [-0.05, 0) is 64.4 Å². The van der Waals surface area contributed by atoms with Crippen LogP contribution in [0.5, 0.6) is 0 Å². The van der Waals surface area contributed by atoms with Crippen molar-refractivity contribution in [3.05, 3.63) is 152 Å². The van der Waals surface area contributed by atoms with Crippen LogP contribution in [0.2, 0.25) is 0 Å². The largest absolute Gasteiger partial charge is 0.310 e. The summed E-state index contributed by atoms with van der Waals surface area (Å²) in [7, 11) is 0. The van der Waals surface area contributed by atoms with Gasteiger partial charge in [-0.25, -0.2) is 0 Å². The number of thiophene rings is 1. The van der Waals surface area contributed by atoms with E-state index in [0.717, 1.165) is 11.4 Å². The van der Waals surface area contributed by atoms with Gasteiger partial charge in [0.1, 0.15) is 0 Å². The first-order valence-electron chi connectivity index (χ1n) is 13.6. The highest BCUT2D eigenvalue weighted by molar-refractivity contribution is 7.26. The first kappa shape index (κ1) is 23.0. The molecule has 8 aromatic rings. The Morgan fingerprint density at radius 3 is 1.93 bits per heavy atom. The van der Waals surface area contributed by atoms with E-state index in [1.165, 1.54) is 58.5 Å². The molecule has 2 heteroatoms. The SMILES string of the molecule is c1ccc(-c2cc3c4cc(N(c5ccccc5)c5cccc6ccccc56)ccc4sc3c3ccccc23)cc1. The summed E-state index contributed by atoms with van der Waals surface area (Å²) >= 11 is 1.89. The lowest BCUT2D eigenvalue weighted by atomic mass is 9.95. The average Bonchev–Trinajstić information content (AvgIpc) is 3.40. The second-order valence-corrected chi connectivity index (χ2v) is 11.2.